The number of carboxylic acids is 1. The van der Waals surface area contributed by atoms with Crippen molar-refractivity contribution >= 4 is 22.5 Å². The van der Waals surface area contributed by atoms with Gasteiger partial charge in [-0.3, -0.25) is 4.40 Å². The Morgan fingerprint density at radius 1 is 1.35 bits per heavy atom. The molecule has 0 amide bonds. The van der Waals surface area contributed by atoms with Crippen molar-refractivity contribution in [1.29, 1.82) is 0 Å². The van der Waals surface area contributed by atoms with Crippen LogP contribution >= 0.6 is 0 Å². The minimum atomic E-state index is -0.906. The van der Waals surface area contributed by atoms with E-state index in [4.69, 9.17) is 5.11 Å². The molecule has 0 radical (unpaired) electrons. The summed E-state index contributed by atoms with van der Waals surface area (Å²) in [7, 11) is 0. The van der Waals surface area contributed by atoms with Crippen LogP contribution in [0.15, 0.2) is 36.7 Å². The molecule has 0 aliphatic carbocycles. The Kier molecular flexibility index (Phi) is 1.92. The van der Waals surface area contributed by atoms with Crippen molar-refractivity contribution in [2.24, 2.45) is 0 Å². The second-order valence-corrected chi connectivity index (χ2v) is 4.02. The van der Waals surface area contributed by atoms with Crippen molar-refractivity contribution < 1.29 is 9.90 Å². The molecule has 4 heteroatoms. The molecule has 2 heterocycles. The lowest BCUT2D eigenvalue weighted by Gasteiger charge is -2.06. The monoisotopic (exact) mass is 226 g/mol. The van der Waals surface area contributed by atoms with Gasteiger partial charge in [-0.05, 0) is 36.8 Å². The first-order valence-electron chi connectivity index (χ1n) is 5.26. The Morgan fingerprint density at radius 2 is 2.18 bits per heavy atom. The van der Waals surface area contributed by atoms with Crippen molar-refractivity contribution in [2.45, 2.75) is 6.92 Å². The molecule has 0 spiro atoms. The van der Waals surface area contributed by atoms with Crippen LogP contribution in [-0.4, -0.2) is 20.5 Å². The molecular weight excluding hydrogens is 216 g/mol. The zero-order valence-corrected chi connectivity index (χ0v) is 9.21. The molecule has 1 aromatic carbocycles. The standard InChI is InChI=1S/C13H10N2O2/c1-8-6-12-14-4-5-15(12)11-3-2-9(13(16)17)7-10(8)11/h2-7H,1H3,(H,16,17). The molecule has 0 aliphatic rings. The van der Waals surface area contributed by atoms with E-state index in [9.17, 15) is 4.79 Å². The highest BCUT2D eigenvalue weighted by molar-refractivity contribution is 5.95. The quantitative estimate of drug-likeness (QED) is 0.693. The first kappa shape index (κ1) is 9.84. The number of benzene rings is 1. The number of imidazole rings is 1. The van der Waals surface area contributed by atoms with E-state index < -0.39 is 5.97 Å². The van der Waals surface area contributed by atoms with Crippen LogP contribution in [0.3, 0.4) is 0 Å². The van der Waals surface area contributed by atoms with Crippen molar-refractivity contribution in [3.05, 3.63) is 47.8 Å². The maximum absolute atomic E-state index is 11.0. The molecule has 0 bridgehead atoms. The second kappa shape index (κ2) is 3.31. The van der Waals surface area contributed by atoms with E-state index in [2.05, 4.69) is 4.98 Å². The molecule has 0 saturated carbocycles. The molecule has 3 rings (SSSR count). The highest BCUT2D eigenvalue weighted by Gasteiger charge is 2.08. The normalized spacial score (nSPS) is 11.1. The molecule has 84 valence electrons. The summed E-state index contributed by atoms with van der Waals surface area (Å²) < 4.78 is 1.95. The number of pyridine rings is 1. The van der Waals surface area contributed by atoms with Gasteiger partial charge < -0.3 is 5.11 Å². The average molecular weight is 226 g/mol. The van der Waals surface area contributed by atoms with Crippen LogP contribution in [0.2, 0.25) is 0 Å². The smallest absolute Gasteiger partial charge is 0.335 e. The van der Waals surface area contributed by atoms with Gasteiger partial charge in [0, 0.05) is 17.8 Å². The van der Waals surface area contributed by atoms with Gasteiger partial charge in [-0.15, -0.1) is 0 Å². The Bertz CT molecular complexity index is 744. The molecule has 2 aromatic heterocycles. The Balaban J connectivity index is 2.47. The molecular formula is C13H10N2O2. The molecule has 4 nitrogen and oxygen atoms in total. The van der Waals surface area contributed by atoms with E-state index in [0.717, 1.165) is 22.1 Å². The summed E-state index contributed by atoms with van der Waals surface area (Å²) in [4.78, 5) is 15.2. The number of nitrogens with zero attached hydrogens (tertiary/aromatic N) is 2. The van der Waals surface area contributed by atoms with Crippen LogP contribution in [-0.2, 0) is 0 Å². The summed E-state index contributed by atoms with van der Waals surface area (Å²) in [5, 5.41) is 9.93. The molecule has 0 saturated heterocycles. The van der Waals surface area contributed by atoms with Gasteiger partial charge in [0.1, 0.15) is 5.65 Å². The molecule has 0 fully saturated rings. The second-order valence-electron chi connectivity index (χ2n) is 4.02. The molecule has 0 aliphatic heterocycles. The number of fused-ring (bicyclic) bond motifs is 3. The first-order valence-corrected chi connectivity index (χ1v) is 5.26. The number of carbonyl (C=O) groups is 1. The fraction of sp³-hybridized carbons (Fsp3) is 0.0769. The fourth-order valence-corrected chi connectivity index (χ4v) is 2.09. The predicted octanol–water partition coefficient (Wildman–Crippen LogP) is 2.49. The Morgan fingerprint density at radius 3 is 2.94 bits per heavy atom. The van der Waals surface area contributed by atoms with E-state index in [0.29, 0.717) is 5.56 Å². The third-order valence-corrected chi connectivity index (χ3v) is 2.94. The summed E-state index contributed by atoms with van der Waals surface area (Å²) in [6.07, 6.45) is 3.61. The topological polar surface area (TPSA) is 54.6 Å². The number of aromatic carboxylic acids is 1. The van der Waals surface area contributed by atoms with Crippen molar-refractivity contribution in [1.82, 2.24) is 9.38 Å². The minimum Gasteiger partial charge on any atom is -0.478 e. The van der Waals surface area contributed by atoms with Crippen LogP contribution < -0.4 is 0 Å². The van der Waals surface area contributed by atoms with Gasteiger partial charge in [0.25, 0.3) is 0 Å². The van der Waals surface area contributed by atoms with Gasteiger partial charge in [0.05, 0.1) is 11.1 Å². The molecule has 17 heavy (non-hydrogen) atoms. The van der Waals surface area contributed by atoms with Crippen LogP contribution in [0.1, 0.15) is 15.9 Å². The van der Waals surface area contributed by atoms with Crippen molar-refractivity contribution in [2.75, 3.05) is 0 Å². The van der Waals surface area contributed by atoms with Gasteiger partial charge >= 0.3 is 5.97 Å². The van der Waals surface area contributed by atoms with Gasteiger partial charge in [-0.25, -0.2) is 9.78 Å². The van der Waals surface area contributed by atoms with Gasteiger partial charge in [0.15, 0.2) is 0 Å². The average Bonchev–Trinajstić information content (AvgIpc) is 2.76. The summed E-state index contributed by atoms with van der Waals surface area (Å²) >= 11 is 0. The van der Waals surface area contributed by atoms with Gasteiger partial charge in [-0.2, -0.15) is 0 Å². The zero-order valence-electron chi connectivity index (χ0n) is 9.21. The summed E-state index contributed by atoms with van der Waals surface area (Å²) in [6.45, 7) is 1.96. The number of aryl methyl sites for hydroxylation is 1. The van der Waals surface area contributed by atoms with E-state index >= 15 is 0 Å². The van der Waals surface area contributed by atoms with Gasteiger partial charge in [0.2, 0.25) is 0 Å². The molecule has 0 unspecified atom stereocenters. The minimum absolute atomic E-state index is 0.306. The van der Waals surface area contributed by atoms with Gasteiger partial charge in [-0.1, -0.05) is 0 Å². The van der Waals surface area contributed by atoms with Crippen LogP contribution in [0.4, 0.5) is 0 Å². The molecule has 3 aromatic rings. The molecule has 1 N–H and O–H groups in total. The summed E-state index contributed by atoms with van der Waals surface area (Å²) in [5.74, 6) is -0.906. The SMILES string of the molecule is Cc1cc2nccn2c2ccc(C(=O)O)cc12. The predicted molar refractivity (Wildman–Crippen MR) is 64.4 cm³/mol. The Labute approximate surface area is 97.1 Å². The highest BCUT2D eigenvalue weighted by atomic mass is 16.4. The maximum Gasteiger partial charge on any atom is 0.335 e. The number of carboxylic acid groups (broad SMARTS) is 1. The Hall–Kier alpha value is -2.36. The number of rotatable bonds is 1. The third kappa shape index (κ3) is 1.38. The van der Waals surface area contributed by atoms with E-state index in [-0.39, 0.29) is 0 Å². The van der Waals surface area contributed by atoms with Crippen molar-refractivity contribution in [3.8, 4) is 0 Å². The lowest BCUT2D eigenvalue weighted by molar-refractivity contribution is 0.0697. The fourth-order valence-electron chi connectivity index (χ4n) is 2.09. The van der Waals surface area contributed by atoms with E-state index in [1.807, 2.05) is 29.7 Å². The maximum atomic E-state index is 11.0. The highest BCUT2D eigenvalue weighted by Crippen LogP contribution is 2.22. The van der Waals surface area contributed by atoms with E-state index in [1.54, 1.807) is 18.3 Å². The number of hydrogen-bond acceptors (Lipinski definition) is 2. The van der Waals surface area contributed by atoms with Crippen LogP contribution in [0.25, 0.3) is 16.6 Å². The van der Waals surface area contributed by atoms with Crippen LogP contribution in [0.5, 0.6) is 0 Å². The summed E-state index contributed by atoms with van der Waals surface area (Å²) in [6, 6.07) is 7.09. The molecule has 0 atom stereocenters. The van der Waals surface area contributed by atoms with Crippen molar-refractivity contribution in [3.63, 3.8) is 0 Å². The number of aromatic nitrogens is 2. The number of hydrogen-bond donors (Lipinski definition) is 1. The first-order chi connectivity index (χ1) is 8.16. The third-order valence-electron chi connectivity index (χ3n) is 2.94. The van der Waals surface area contributed by atoms with E-state index in [1.165, 1.54) is 0 Å². The lowest BCUT2D eigenvalue weighted by Crippen LogP contribution is -1.97. The lowest BCUT2D eigenvalue weighted by atomic mass is 10.1. The summed E-state index contributed by atoms with van der Waals surface area (Å²) in [5.41, 5.74) is 3.18. The van der Waals surface area contributed by atoms with Crippen LogP contribution in [0, 0.1) is 6.92 Å². The zero-order chi connectivity index (χ0) is 12.0. The largest absolute Gasteiger partial charge is 0.478 e.